The number of para-hydroxylation sites is 2. The number of hydrogen-bond donors (Lipinski definition) is 1. The predicted molar refractivity (Wildman–Crippen MR) is 95.9 cm³/mol. The Morgan fingerprint density at radius 2 is 2.17 bits per heavy atom. The van der Waals surface area contributed by atoms with E-state index in [0.29, 0.717) is 22.4 Å². The number of carbonyl (C=O) groups excluding carboxylic acids is 1. The van der Waals surface area contributed by atoms with Crippen molar-refractivity contribution in [2.75, 3.05) is 5.75 Å². The predicted octanol–water partition coefficient (Wildman–Crippen LogP) is 4.25. The first kappa shape index (κ1) is 16.0. The summed E-state index contributed by atoms with van der Waals surface area (Å²) in [4.78, 5) is 16.8. The summed E-state index contributed by atoms with van der Waals surface area (Å²) in [5.41, 5.74) is 2.14. The van der Waals surface area contributed by atoms with Crippen molar-refractivity contribution in [2.45, 2.75) is 51.3 Å². The molecule has 5 heteroatoms. The van der Waals surface area contributed by atoms with Crippen LogP contribution < -0.4 is 5.32 Å². The molecule has 3 atom stereocenters. The highest BCUT2D eigenvalue weighted by Gasteiger charge is 2.61. The molecule has 4 nitrogen and oxygen atoms in total. The highest BCUT2D eigenvalue weighted by Crippen LogP contribution is 2.65. The normalized spacial score (nSPS) is 30.8. The summed E-state index contributed by atoms with van der Waals surface area (Å²) < 4.78 is 5.66. The standard InChI is InChI=1S/C19H24N2O2S/c1-18(2)12-8-9-19(18,3)15(10-12)21-16(22)11-24-17-20-13-6-4-5-7-14(13)23-17/h4-7,12,15H,8-11H2,1-3H3,(H,21,22)/t12-,15+,19+/m0/s1. The Morgan fingerprint density at radius 1 is 1.38 bits per heavy atom. The van der Waals surface area contributed by atoms with Gasteiger partial charge in [0.15, 0.2) is 5.58 Å². The van der Waals surface area contributed by atoms with Gasteiger partial charge in [-0.3, -0.25) is 4.79 Å². The monoisotopic (exact) mass is 344 g/mol. The van der Waals surface area contributed by atoms with Gasteiger partial charge in [-0.15, -0.1) is 0 Å². The van der Waals surface area contributed by atoms with E-state index in [2.05, 4.69) is 31.1 Å². The number of nitrogens with zero attached hydrogens (tertiary/aromatic N) is 1. The highest BCUT2D eigenvalue weighted by atomic mass is 32.2. The van der Waals surface area contributed by atoms with E-state index in [9.17, 15) is 4.79 Å². The van der Waals surface area contributed by atoms with Crippen molar-refractivity contribution in [3.8, 4) is 0 Å². The number of carbonyl (C=O) groups is 1. The molecule has 0 saturated heterocycles. The van der Waals surface area contributed by atoms with Gasteiger partial charge in [0, 0.05) is 6.04 Å². The molecule has 24 heavy (non-hydrogen) atoms. The number of aromatic nitrogens is 1. The van der Waals surface area contributed by atoms with Crippen LogP contribution in [0.1, 0.15) is 40.0 Å². The lowest BCUT2D eigenvalue weighted by molar-refractivity contribution is -0.120. The molecule has 0 radical (unpaired) electrons. The van der Waals surface area contributed by atoms with Crippen LogP contribution in [-0.2, 0) is 4.79 Å². The second kappa shape index (κ2) is 5.51. The number of nitrogens with one attached hydrogen (secondary N) is 1. The van der Waals surface area contributed by atoms with Crippen LogP contribution in [0.5, 0.6) is 0 Å². The Bertz CT molecular complexity index is 752. The molecule has 2 aliphatic carbocycles. The van der Waals surface area contributed by atoms with E-state index in [4.69, 9.17) is 4.42 Å². The second-order valence-electron chi connectivity index (χ2n) is 7.97. The zero-order valence-electron chi connectivity index (χ0n) is 14.5. The molecule has 2 aliphatic rings. The van der Waals surface area contributed by atoms with Gasteiger partial charge < -0.3 is 9.73 Å². The largest absolute Gasteiger partial charge is 0.431 e. The minimum atomic E-state index is 0.0804. The van der Waals surface area contributed by atoms with Gasteiger partial charge in [-0.1, -0.05) is 44.7 Å². The first-order valence-corrected chi connectivity index (χ1v) is 9.66. The van der Waals surface area contributed by atoms with Gasteiger partial charge in [-0.05, 0) is 48.1 Å². The van der Waals surface area contributed by atoms with Crippen LogP contribution >= 0.6 is 11.8 Å². The summed E-state index contributed by atoms with van der Waals surface area (Å²) in [6.45, 7) is 7.08. The first-order valence-electron chi connectivity index (χ1n) is 8.68. The molecule has 1 aromatic carbocycles. The fourth-order valence-corrected chi connectivity index (χ4v) is 5.35. The smallest absolute Gasteiger partial charge is 0.257 e. The molecule has 0 spiro atoms. The molecular formula is C19H24N2O2S. The molecule has 2 fully saturated rings. The summed E-state index contributed by atoms with van der Waals surface area (Å²) in [6, 6.07) is 7.96. The fourth-order valence-electron chi connectivity index (χ4n) is 4.70. The van der Waals surface area contributed by atoms with Crippen LogP contribution in [0.25, 0.3) is 11.1 Å². The van der Waals surface area contributed by atoms with E-state index in [1.165, 1.54) is 24.6 Å². The van der Waals surface area contributed by atoms with Crippen LogP contribution in [0.3, 0.4) is 0 Å². The van der Waals surface area contributed by atoms with Crippen molar-refractivity contribution >= 4 is 28.8 Å². The molecule has 1 heterocycles. The molecular weight excluding hydrogens is 320 g/mol. The van der Waals surface area contributed by atoms with E-state index < -0.39 is 0 Å². The van der Waals surface area contributed by atoms with Gasteiger partial charge in [0.05, 0.1) is 5.75 Å². The van der Waals surface area contributed by atoms with E-state index in [0.717, 1.165) is 23.4 Å². The SMILES string of the molecule is CC1(C)[C@H]2CC[C@]1(C)[C@H](NC(=O)CSc1nc3ccccc3o1)C2. The number of hydrogen-bond acceptors (Lipinski definition) is 4. The van der Waals surface area contributed by atoms with Crippen molar-refractivity contribution < 1.29 is 9.21 Å². The Hall–Kier alpha value is -1.49. The maximum atomic E-state index is 12.4. The third-order valence-electron chi connectivity index (χ3n) is 6.73. The van der Waals surface area contributed by atoms with E-state index >= 15 is 0 Å². The van der Waals surface area contributed by atoms with Crippen molar-refractivity contribution in [3.63, 3.8) is 0 Å². The summed E-state index contributed by atoms with van der Waals surface area (Å²) in [5, 5.41) is 3.84. The number of thioether (sulfide) groups is 1. The van der Waals surface area contributed by atoms with E-state index in [1.807, 2.05) is 24.3 Å². The van der Waals surface area contributed by atoms with Crippen molar-refractivity contribution in [1.82, 2.24) is 10.3 Å². The third-order valence-corrected chi connectivity index (χ3v) is 7.56. The molecule has 2 saturated carbocycles. The lowest BCUT2D eigenvalue weighted by Crippen LogP contribution is -2.47. The summed E-state index contributed by atoms with van der Waals surface area (Å²) in [7, 11) is 0. The van der Waals surface area contributed by atoms with Crippen LogP contribution in [-0.4, -0.2) is 22.7 Å². The molecule has 0 unspecified atom stereocenters. The number of benzene rings is 1. The molecule has 2 aromatic rings. The number of rotatable bonds is 4. The molecule has 2 bridgehead atoms. The summed E-state index contributed by atoms with van der Waals surface area (Å²) in [5.74, 6) is 1.17. The van der Waals surface area contributed by atoms with Gasteiger partial charge in [-0.2, -0.15) is 0 Å². The second-order valence-corrected chi connectivity index (χ2v) is 8.89. The topological polar surface area (TPSA) is 55.1 Å². The zero-order valence-corrected chi connectivity index (χ0v) is 15.3. The van der Waals surface area contributed by atoms with Crippen LogP contribution in [0.4, 0.5) is 0 Å². The number of amides is 1. The highest BCUT2D eigenvalue weighted by molar-refractivity contribution is 7.99. The van der Waals surface area contributed by atoms with Gasteiger partial charge in [0.1, 0.15) is 5.52 Å². The lowest BCUT2D eigenvalue weighted by atomic mass is 9.69. The maximum Gasteiger partial charge on any atom is 0.257 e. The molecule has 128 valence electrons. The first-order chi connectivity index (χ1) is 11.4. The fraction of sp³-hybridized carbons (Fsp3) is 0.579. The Morgan fingerprint density at radius 3 is 2.83 bits per heavy atom. The molecule has 4 rings (SSSR count). The number of fused-ring (bicyclic) bond motifs is 3. The summed E-state index contributed by atoms with van der Waals surface area (Å²) in [6.07, 6.45) is 3.63. The van der Waals surface area contributed by atoms with Gasteiger partial charge in [0.2, 0.25) is 5.91 Å². The average Bonchev–Trinajstić information content (AvgIpc) is 3.11. The Kier molecular flexibility index (Phi) is 3.68. The third kappa shape index (κ3) is 2.36. The molecule has 0 aliphatic heterocycles. The maximum absolute atomic E-state index is 12.4. The van der Waals surface area contributed by atoms with Crippen LogP contribution in [0, 0.1) is 16.7 Å². The van der Waals surface area contributed by atoms with Gasteiger partial charge in [-0.25, -0.2) is 4.98 Å². The number of oxazole rings is 1. The minimum absolute atomic E-state index is 0.0804. The molecule has 1 N–H and O–H groups in total. The quantitative estimate of drug-likeness (QED) is 0.843. The van der Waals surface area contributed by atoms with Crippen LogP contribution in [0.15, 0.2) is 33.9 Å². The molecule has 1 amide bonds. The van der Waals surface area contributed by atoms with E-state index in [1.54, 1.807) is 0 Å². The zero-order chi connectivity index (χ0) is 16.9. The lowest BCUT2D eigenvalue weighted by Gasteiger charge is -2.39. The minimum Gasteiger partial charge on any atom is -0.431 e. The summed E-state index contributed by atoms with van der Waals surface area (Å²) >= 11 is 1.37. The Labute approximate surface area is 146 Å². The molecule has 1 aromatic heterocycles. The van der Waals surface area contributed by atoms with Crippen molar-refractivity contribution in [1.29, 1.82) is 0 Å². The van der Waals surface area contributed by atoms with Crippen molar-refractivity contribution in [3.05, 3.63) is 24.3 Å². The van der Waals surface area contributed by atoms with Gasteiger partial charge in [0.25, 0.3) is 5.22 Å². The van der Waals surface area contributed by atoms with Crippen molar-refractivity contribution in [2.24, 2.45) is 16.7 Å². The Balaban J connectivity index is 1.37. The van der Waals surface area contributed by atoms with Gasteiger partial charge >= 0.3 is 0 Å². The van der Waals surface area contributed by atoms with Crippen LogP contribution in [0.2, 0.25) is 0 Å². The average molecular weight is 344 g/mol. The van der Waals surface area contributed by atoms with E-state index in [-0.39, 0.29) is 11.3 Å².